The van der Waals surface area contributed by atoms with Crippen LogP contribution in [0.2, 0.25) is 0 Å². The number of nitrogens with two attached hydrogens (primary N) is 1. The van der Waals surface area contributed by atoms with Crippen molar-refractivity contribution in [1.29, 1.82) is 0 Å². The molecule has 4 N–H and O–H groups in total. The first-order chi connectivity index (χ1) is 8.12. The molecule has 0 aliphatic rings. The van der Waals surface area contributed by atoms with Crippen molar-refractivity contribution >= 4 is 26.8 Å². The highest BCUT2D eigenvalue weighted by atomic mass is 32.2. The topological polar surface area (TPSA) is 109 Å². The fourth-order valence-electron chi connectivity index (χ4n) is 1.26. The van der Waals surface area contributed by atoms with E-state index >= 15 is 0 Å². The Kier molecular flexibility index (Phi) is 4.00. The summed E-state index contributed by atoms with van der Waals surface area (Å²) in [5.74, 6) is -5.88. The van der Waals surface area contributed by atoms with Crippen LogP contribution in [-0.4, -0.2) is 24.2 Å². The molecule has 18 heavy (non-hydrogen) atoms. The molecule has 102 valence electrons. The number of primary sulfonamides is 1. The highest BCUT2D eigenvalue weighted by Crippen LogP contribution is 2.33. The zero-order valence-corrected chi connectivity index (χ0v) is 10.3. The monoisotopic (exact) mass is 304 g/mol. The van der Waals surface area contributed by atoms with Crippen LogP contribution in [0.15, 0.2) is 9.79 Å². The lowest BCUT2D eigenvalue weighted by molar-refractivity contribution is 0.440. The average molecular weight is 304 g/mol. The number of benzene rings is 1. The minimum Gasteiger partial charge on any atom is -0.385 e. The molecule has 1 atom stereocenters. The van der Waals surface area contributed by atoms with Gasteiger partial charge in [0.2, 0.25) is 10.0 Å². The first kappa shape index (κ1) is 14.9. The molecule has 1 aromatic carbocycles. The molecule has 0 heterocycles. The molecule has 0 amide bonds. The summed E-state index contributed by atoms with van der Waals surface area (Å²) >= 11 is -3.06. The second kappa shape index (κ2) is 4.84. The highest BCUT2D eigenvalue weighted by Gasteiger charge is 2.32. The third-order valence-corrected chi connectivity index (χ3v) is 3.61. The largest absolute Gasteiger partial charge is 0.385 e. The SMILES string of the molecule is CNc1c(F)c(S(N)(=O)=O)c(F)c(F)c1S(=O)O. The Morgan fingerprint density at radius 3 is 2.06 bits per heavy atom. The van der Waals surface area contributed by atoms with E-state index in [0.29, 0.717) is 0 Å². The Bertz CT molecular complexity index is 632. The van der Waals surface area contributed by atoms with Crippen molar-refractivity contribution in [3.05, 3.63) is 17.5 Å². The summed E-state index contributed by atoms with van der Waals surface area (Å²) in [6, 6.07) is 0. The van der Waals surface area contributed by atoms with E-state index in [2.05, 4.69) is 5.14 Å². The summed E-state index contributed by atoms with van der Waals surface area (Å²) in [5.41, 5.74) is -0.959. The molecular formula is C7H7F3N2O4S2. The van der Waals surface area contributed by atoms with Gasteiger partial charge in [-0.3, -0.25) is 0 Å². The van der Waals surface area contributed by atoms with Gasteiger partial charge < -0.3 is 9.87 Å². The molecule has 1 aromatic rings. The van der Waals surface area contributed by atoms with Gasteiger partial charge in [-0.15, -0.1) is 0 Å². The van der Waals surface area contributed by atoms with E-state index in [1.54, 1.807) is 0 Å². The first-order valence-corrected chi connectivity index (χ1v) is 6.80. The van der Waals surface area contributed by atoms with Crippen LogP contribution in [0.4, 0.5) is 18.9 Å². The maximum absolute atomic E-state index is 13.7. The van der Waals surface area contributed by atoms with E-state index in [-0.39, 0.29) is 0 Å². The van der Waals surface area contributed by atoms with Gasteiger partial charge in [0.25, 0.3) is 0 Å². The van der Waals surface area contributed by atoms with E-state index in [1.165, 1.54) is 0 Å². The summed E-state index contributed by atoms with van der Waals surface area (Å²) in [6.45, 7) is 0. The molecular weight excluding hydrogens is 297 g/mol. The van der Waals surface area contributed by atoms with Crippen molar-refractivity contribution in [1.82, 2.24) is 0 Å². The Labute approximate surface area is 102 Å². The van der Waals surface area contributed by atoms with Crippen molar-refractivity contribution in [2.24, 2.45) is 5.14 Å². The zero-order chi connectivity index (χ0) is 14.2. The number of halogens is 3. The van der Waals surface area contributed by atoms with Crippen LogP contribution < -0.4 is 10.5 Å². The highest BCUT2D eigenvalue weighted by molar-refractivity contribution is 7.89. The number of hydrogen-bond acceptors (Lipinski definition) is 4. The number of nitrogens with one attached hydrogen (secondary N) is 1. The fourth-order valence-corrected chi connectivity index (χ4v) is 2.56. The van der Waals surface area contributed by atoms with Gasteiger partial charge in [0.1, 0.15) is 4.90 Å². The van der Waals surface area contributed by atoms with Gasteiger partial charge in [0.15, 0.2) is 33.4 Å². The van der Waals surface area contributed by atoms with Crippen LogP contribution in [0, 0.1) is 17.5 Å². The number of hydrogen-bond donors (Lipinski definition) is 3. The second-order valence-corrected chi connectivity index (χ2v) is 5.42. The lowest BCUT2D eigenvalue weighted by atomic mass is 10.2. The molecule has 0 saturated heterocycles. The van der Waals surface area contributed by atoms with Gasteiger partial charge in [-0.05, 0) is 0 Å². The van der Waals surface area contributed by atoms with E-state index in [9.17, 15) is 25.8 Å². The molecule has 6 nitrogen and oxygen atoms in total. The smallest absolute Gasteiger partial charge is 0.244 e. The van der Waals surface area contributed by atoms with Crippen molar-refractivity contribution < 1.29 is 30.4 Å². The van der Waals surface area contributed by atoms with Gasteiger partial charge >= 0.3 is 0 Å². The Balaban J connectivity index is 3.95. The van der Waals surface area contributed by atoms with Crippen LogP contribution in [0.25, 0.3) is 0 Å². The van der Waals surface area contributed by atoms with E-state index in [1.807, 2.05) is 5.32 Å². The van der Waals surface area contributed by atoms with Crippen molar-refractivity contribution in [3.63, 3.8) is 0 Å². The normalized spacial score (nSPS) is 13.4. The van der Waals surface area contributed by atoms with Gasteiger partial charge in [0, 0.05) is 7.05 Å². The lowest BCUT2D eigenvalue weighted by Crippen LogP contribution is -2.20. The molecule has 0 fully saturated rings. The number of anilines is 1. The van der Waals surface area contributed by atoms with Crippen molar-refractivity contribution in [2.45, 2.75) is 9.79 Å². The maximum atomic E-state index is 13.7. The molecule has 0 aliphatic heterocycles. The zero-order valence-electron chi connectivity index (χ0n) is 8.70. The first-order valence-electron chi connectivity index (χ1n) is 4.14. The van der Waals surface area contributed by atoms with E-state index < -0.39 is 54.0 Å². The molecule has 0 spiro atoms. The van der Waals surface area contributed by atoms with Crippen LogP contribution in [-0.2, 0) is 21.1 Å². The maximum Gasteiger partial charge on any atom is 0.244 e. The van der Waals surface area contributed by atoms with E-state index in [4.69, 9.17) is 4.55 Å². The summed E-state index contributed by atoms with van der Waals surface area (Å²) in [7, 11) is -3.85. The molecule has 11 heteroatoms. The van der Waals surface area contributed by atoms with Gasteiger partial charge in [-0.2, -0.15) is 0 Å². The number of rotatable bonds is 3. The molecule has 0 aliphatic carbocycles. The Morgan fingerprint density at radius 1 is 1.22 bits per heavy atom. The third kappa shape index (κ3) is 2.34. The van der Waals surface area contributed by atoms with Gasteiger partial charge in [-0.1, -0.05) is 0 Å². The predicted molar refractivity (Wildman–Crippen MR) is 56.3 cm³/mol. The fraction of sp³-hybridized carbons (Fsp3) is 0.143. The lowest BCUT2D eigenvalue weighted by Gasteiger charge is -2.12. The second-order valence-electron chi connectivity index (χ2n) is 3.02. The van der Waals surface area contributed by atoms with Crippen LogP contribution in [0.1, 0.15) is 0 Å². The molecule has 1 rings (SSSR count). The van der Waals surface area contributed by atoms with Crippen molar-refractivity contribution in [2.75, 3.05) is 12.4 Å². The minimum atomic E-state index is -4.87. The average Bonchev–Trinajstić information content (AvgIpc) is 2.20. The predicted octanol–water partition coefficient (Wildman–Crippen LogP) is 0.374. The summed E-state index contributed by atoms with van der Waals surface area (Å²) in [6.07, 6.45) is 0. The summed E-state index contributed by atoms with van der Waals surface area (Å²) in [5, 5.41) is 6.51. The molecule has 0 radical (unpaired) electrons. The Morgan fingerprint density at radius 2 is 1.72 bits per heavy atom. The van der Waals surface area contributed by atoms with Gasteiger partial charge in [0.05, 0.1) is 5.69 Å². The van der Waals surface area contributed by atoms with Gasteiger partial charge in [-0.25, -0.2) is 30.9 Å². The van der Waals surface area contributed by atoms with Crippen LogP contribution in [0.5, 0.6) is 0 Å². The molecule has 1 unspecified atom stereocenters. The third-order valence-electron chi connectivity index (χ3n) is 1.95. The molecule has 0 bridgehead atoms. The number of sulfonamides is 1. The van der Waals surface area contributed by atoms with Crippen LogP contribution >= 0.6 is 0 Å². The standard InChI is InChI=1S/C7H7F3N2O4S2/c1-12-5-4(10)7(18(11,15)16)3(9)2(8)6(5)17(13)14/h12H,1H3,(H,13,14)(H2,11,15,16). The Hall–Kier alpha value is -1.17. The summed E-state index contributed by atoms with van der Waals surface area (Å²) in [4.78, 5) is -2.95. The molecule has 0 aromatic heterocycles. The minimum absolute atomic E-state index is 0.959. The van der Waals surface area contributed by atoms with E-state index in [0.717, 1.165) is 7.05 Å². The quantitative estimate of drug-likeness (QED) is 0.552. The molecule has 0 saturated carbocycles. The summed E-state index contributed by atoms with van der Waals surface area (Å²) < 4.78 is 81.8. The van der Waals surface area contributed by atoms with Crippen molar-refractivity contribution in [3.8, 4) is 0 Å². The van der Waals surface area contributed by atoms with Crippen LogP contribution in [0.3, 0.4) is 0 Å².